The standard InChI is InChI=1S/C28H38N2O3/c1-3-4-7-20(2)26(31)11-10-24-25-17-22(16-23(25)18-27(24)32)8-5-6-9-28(33)30-19-21-12-14-29-15-13-21/h10-16,20,23-27,31-32H,5-9,17-19H2,1-2H3,(H,30,33)/t20-,23-,24+,25-,26+,27+/m0/s1. The summed E-state index contributed by atoms with van der Waals surface area (Å²) in [5.74, 6) is 7.03. The highest BCUT2D eigenvalue weighted by atomic mass is 16.3. The van der Waals surface area contributed by atoms with Crippen LogP contribution in [0.4, 0.5) is 0 Å². The van der Waals surface area contributed by atoms with Crippen molar-refractivity contribution >= 4 is 5.91 Å². The molecule has 5 heteroatoms. The van der Waals surface area contributed by atoms with Crippen LogP contribution in [0.25, 0.3) is 0 Å². The molecular formula is C28H38N2O3. The monoisotopic (exact) mass is 450 g/mol. The predicted octanol–water partition coefficient (Wildman–Crippen LogP) is 4.17. The SMILES string of the molecule is CC#CC[C@H](C)[C@H](O)C=C[C@@H]1[C@H]2CC(CCCCC(=O)NCc3ccncc3)=C[C@H]2C[C@H]1O. The molecule has 0 unspecified atom stereocenters. The maximum atomic E-state index is 12.1. The molecule has 0 aromatic carbocycles. The van der Waals surface area contributed by atoms with Gasteiger partial charge in [0.25, 0.3) is 0 Å². The average Bonchev–Trinajstić information content (AvgIpc) is 3.34. The molecular weight excluding hydrogens is 412 g/mol. The van der Waals surface area contributed by atoms with E-state index in [1.54, 1.807) is 12.4 Å². The lowest BCUT2D eigenvalue weighted by atomic mass is 9.88. The summed E-state index contributed by atoms with van der Waals surface area (Å²) in [7, 11) is 0. The molecule has 1 amide bonds. The third-order valence-corrected chi connectivity index (χ3v) is 7.06. The summed E-state index contributed by atoms with van der Waals surface area (Å²) in [6, 6.07) is 3.82. The van der Waals surface area contributed by atoms with Crippen LogP contribution in [0.5, 0.6) is 0 Å². The molecule has 1 heterocycles. The van der Waals surface area contributed by atoms with Crippen molar-refractivity contribution in [1.29, 1.82) is 0 Å². The van der Waals surface area contributed by atoms with Crippen LogP contribution in [-0.4, -0.2) is 33.3 Å². The number of allylic oxidation sites excluding steroid dienone is 2. The van der Waals surface area contributed by atoms with Crippen molar-refractivity contribution in [2.75, 3.05) is 0 Å². The lowest BCUT2D eigenvalue weighted by Crippen LogP contribution is -2.22. The Balaban J connectivity index is 1.37. The summed E-state index contributed by atoms with van der Waals surface area (Å²) in [6.07, 6.45) is 14.8. The summed E-state index contributed by atoms with van der Waals surface area (Å²) in [6.45, 7) is 4.36. The van der Waals surface area contributed by atoms with E-state index in [1.807, 2.05) is 38.1 Å². The number of aliphatic hydroxyl groups is 2. The number of pyridine rings is 1. The molecule has 5 nitrogen and oxygen atoms in total. The molecule has 1 aromatic rings. The maximum absolute atomic E-state index is 12.1. The molecule has 0 saturated heterocycles. The van der Waals surface area contributed by atoms with Gasteiger partial charge in [0.1, 0.15) is 0 Å². The zero-order valence-electron chi connectivity index (χ0n) is 19.9. The summed E-state index contributed by atoms with van der Waals surface area (Å²) in [5.41, 5.74) is 2.52. The average molecular weight is 451 g/mol. The summed E-state index contributed by atoms with van der Waals surface area (Å²) >= 11 is 0. The first-order valence-electron chi connectivity index (χ1n) is 12.3. The number of nitrogens with zero attached hydrogens (tertiary/aromatic N) is 1. The second-order valence-electron chi connectivity index (χ2n) is 9.56. The first-order chi connectivity index (χ1) is 16.0. The van der Waals surface area contributed by atoms with Crippen molar-refractivity contribution in [3.8, 4) is 11.8 Å². The van der Waals surface area contributed by atoms with Crippen LogP contribution in [0, 0.1) is 35.5 Å². The van der Waals surface area contributed by atoms with Crippen LogP contribution < -0.4 is 5.32 Å². The van der Waals surface area contributed by atoms with Gasteiger partial charge in [-0.15, -0.1) is 11.8 Å². The van der Waals surface area contributed by atoms with Gasteiger partial charge < -0.3 is 15.5 Å². The third kappa shape index (κ3) is 7.55. The Hall–Kier alpha value is -2.42. The van der Waals surface area contributed by atoms with Crippen LogP contribution in [0.15, 0.2) is 48.3 Å². The second kappa shape index (κ2) is 12.7. The largest absolute Gasteiger partial charge is 0.392 e. The normalized spacial score (nSPS) is 25.8. The summed E-state index contributed by atoms with van der Waals surface area (Å²) < 4.78 is 0. The predicted molar refractivity (Wildman–Crippen MR) is 131 cm³/mol. The summed E-state index contributed by atoms with van der Waals surface area (Å²) in [4.78, 5) is 16.1. The number of carbonyl (C=O) groups is 1. The lowest BCUT2D eigenvalue weighted by Gasteiger charge is -2.20. The van der Waals surface area contributed by atoms with Crippen LogP contribution in [0.3, 0.4) is 0 Å². The van der Waals surface area contributed by atoms with Gasteiger partial charge in [0.2, 0.25) is 5.91 Å². The second-order valence-corrected chi connectivity index (χ2v) is 9.56. The van der Waals surface area contributed by atoms with Crippen LogP contribution in [0.1, 0.15) is 64.4 Å². The van der Waals surface area contributed by atoms with Gasteiger partial charge in [-0.05, 0) is 74.5 Å². The zero-order chi connectivity index (χ0) is 23.6. The van der Waals surface area contributed by atoms with Gasteiger partial charge in [0.15, 0.2) is 0 Å². The highest BCUT2D eigenvalue weighted by molar-refractivity contribution is 5.75. The number of unbranched alkanes of at least 4 members (excludes halogenated alkanes) is 1. The molecule has 0 radical (unpaired) electrons. The van der Waals surface area contributed by atoms with Gasteiger partial charge in [0.05, 0.1) is 12.2 Å². The first kappa shape index (κ1) is 25.2. The molecule has 1 aromatic heterocycles. The van der Waals surface area contributed by atoms with Crippen molar-refractivity contribution in [2.45, 2.75) is 77.5 Å². The number of carbonyl (C=O) groups excluding carboxylic acids is 1. The maximum Gasteiger partial charge on any atom is 0.220 e. The van der Waals surface area contributed by atoms with E-state index in [-0.39, 0.29) is 23.8 Å². The minimum absolute atomic E-state index is 0.0854. The van der Waals surface area contributed by atoms with E-state index >= 15 is 0 Å². The van der Waals surface area contributed by atoms with Crippen molar-refractivity contribution in [2.24, 2.45) is 23.7 Å². The van der Waals surface area contributed by atoms with Crippen LogP contribution in [-0.2, 0) is 11.3 Å². The van der Waals surface area contributed by atoms with E-state index in [9.17, 15) is 15.0 Å². The van der Waals surface area contributed by atoms with Gasteiger partial charge in [-0.1, -0.05) is 30.7 Å². The first-order valence-corrected chi connectivity index (χ1v) is 12.3. The smallest absolute Gasteiger partial charge is 0.220 e. The van der Waals surface area contributed by atoms with Gasteiger partial charge >= 0.3 is 0 Å². The minimum Gasteiger partial charge on any atom is -0.392 e. The van der Waals surface area contributed by atoms with Crippen molar-refractivity contribution < 1.29 is 15.0 Å². The van der Waals surface area contributed by atoms with E-state index in [2.05, 4.69) is 28.2 Å². The molecule has 0 spiro atoms. The Morgan fingerprint density at radius 3 is 2.88 bits per heavy atom. The Kier molecular flexibility index (Phi) is 9.72. The fourth-order valence-corrected chi connectivity index (χ4v) is 5.03. The molecule has 178 valence electrons. The molecule has 2 aliphatic carbocycles. The van der Waals surface area contributed by atoms with Gasteiger partial charge in [-0.2, -0.15) is 0 Å². The molecule has 6 atom stereocenters. The molecule has 2 aliphatic rings. The van der Waals surface area contributed by atoms with Gasteiger partial charge in [0, 0.05) is 37.7 Å². The van der Waals surface area contributed by atoms with Crippen molar-refractivity contribution in [3.05, 3.63) is 53.9 Å². The lowest BCUT2D eigenvalue weighted by molar-refractivity contribution is -0.121. The molecule has 3 N–H and O–H groups in total. The zero-order valence-corrected chi connectivity index (χ0v) is 19.9. The molecule has 3 rings (SSSR count). The highest BCUT2D eigenvalue weighted by Gasteiger charge is 2.43. The number of aliphatic hydroxyl groups excluding tert-OH is 2. The number of rotatable bonds is 11. The Morgan fingerprint density at radius 1 is 1.33 bits per heavy atom. The van der Waals surface area contributed by atoms with E-state index in [0.717, 1.165) is 37.7 Å². The van der Waals surface area contributed by atoms with Crippen molar-refractivity contribution in [3.63, 3.8) is 0 Å². The molecule has 1 saturated carbocycles. The third-order valence-electron chi connectivity index (χ3n) is 7.06. The fraction of sp³-hybridized carbons (Fsp3) is 0.571. The Bertz CT molecular complexity index is 883. The number of hydrogen-bond acceptors (Lipinski definition) is 4. The number of nitrogens with one attached hydrogen (secondary N) is 1. The van der Waals surface area contributed by atoms with Gasteiger partial charge in [-0.25, -0.2) is 0 Å². The number of fused-ring (bicyclic) bond motifs is 1. The molecule has 33 heavy (non-hydrogen) atoms. The summed E-state index contributed by atoms with van der Waals surface area (Å²) in [5, 5.41) is 23.9. The number of amides is 1. The number of aromatic nitrogens is 1. The Morgan fingerprint density at radius 2 is 2.12 bits per heavy atom. The fourth-order valence-electron chi connectivity index (χ4n) is 5.03. The van der Waals surface area contributed by atoms with Crippen LogP contribution in [0.2, 0.25) is 0 Å². The van der Waals surface area contributed by atoms with E-state index in [4.69, 9.17) is 0 Å². The topological polar surface area (TPSA) is 82.5 Å². The minimum atomic E-state index is -0.532. The highest BCUT2D eigenvalue weighted by Crippen LogP contribution is 2.48. The number of hydrogen-bond donors (Lipinski definition) is 3. The van der Waals surface area contributed by atoms with Crippen molar-refractivity contribution in [1.82, 2.24) is 10.3 Å². The molecule has 0 bridgehead atoms. The van der Waals surface area contributed by atoms with E-state index < -0.39 is 6.10 Å². The molecule has 1 fully saturated rings. The Labute approximate surface area is 198 Å². The van der Waals surface area contributed by atoms with E-state index in [1.165, 1.54) is 5.57 Å². The van der Waals surface area contributed by atoms with Gasteiger partial charge in [-0.3, -0.25) is 9.78 Å². The van der Waals surface area contributed by atoms with Crippen LogP contribution >= 0.6 is 0 Å². The molecule has 0 aliphatic heterocycles. The van der Waals surface area contributed by atoms with E-state index in [0.29, 0.717) is 31.2 Å². The quantitative estimate of drug-likeness (QED) is 0.268.